The van der Waals surface area contributed by atoms with Crippen molar-refractivity contribution in [3.63, 3.8) is 0 Å². The van der Waals surface area contributed by atoms with Gasteiger partial charge in [0.2, 0.25) is 17.5 Å². The number of hydrogen-bond acceptors (Lipinski definition) is 5. The molecule has 1 aromatic heterocycles. The van der Waals surface area contributed by atoms with Crippen molar-refractivity contribution in [3.8, 4) is 11.8 Å². The van der Waals surface area contributed by atoms with E-state index in [9.17, 15) is 5.26 Å². The van der Waals surface area contributed by atoms with E-state index >= 15 is 0 Å². The fraction of sp³-hybridized carbons (Fsp3) is 0.200. The first kappa shape index (κ1) is 16.6. The van der Waals surface area contributed by atoms with Gasteiger partial charge in [-0.15, -0.1) is 0 Å². The van der Waals surface area contributed by atoms with E-state index in [0.717, 1.165) is 16.9 Å². The Morgan fingerprint density at radius 1 is 1.16 bits per heavy atom. The molecule has 1 atom stereocenters. The minimum atomic E-state index is -0.00798. The van der Waals surface area contributed by atoms with Gasteiger partial charge in [-0.2, -0.15) is 10.2 Å². The summed E-state index contributed by atoms with van der Waals surface area (Å²) in [4.78, 5) is 4.20. The van der Waals surface area contributed by atoms with Gasteiger partial charge in [0.1, 0.15) is 11.8 Å². The van der Waals surface area contributed by atoms with Crippen LogP contribution in [0.1, 0.15) is 35.7 Å². The number of ether oxygens (including phenoxy) is 1. The summed E-state index contributed by atoms with van der Waals surface area (Å²) in [5, 5.41) is 12.5. The Balaban J connectivity index is 1.71. The highest BCUT2D eigenvalue weighted by molar-refractivity contribution is 5.47. The number of oxazole rings is 1. The number of aryl methyl sites for hydroxylation is 1. The van der Waals surface area contributed by atoms with Gasteiger partial charge in [0.05, 0.1) is 6.04 Å². The second kappa shape index (κ2) is 7.54. The summed E-state index contributed by atoms with van der Waals surface area (Å²) in [6.07, 6.45) is 0. The minimum Gasteiger partial charge on any atom is -0.484 e. The Kier molecular flexibility index (Phi) is 5.00. The summed E-state index contributed by atoms with van der Waals surface area (Å²) < 4.78 is 11.4. The number of nitriles is 1. The van der Waals surface area contributed by atoms with Gasteiger partial charge in [-0.1, -0.05) is 48.5 Å². The molecule has 0 saturated carbocycles. The van der Waals surface area contributed by atoms with Crippen LogP contribution < -0.4 is 10.1 Å². The van der Waals surface area contributed by atoms with Gasteiger partial charge in [-0.3, -0.25) is 0 Å². The van der Waals surface area contributed by atoms with Crippen molar-refractivity contribution < 1.29 is 9.15 Å². The van der Waals surface area contributed by atoms with Gasteiger partial charge >= 0.3 is 0 Å². The summed E-state index contributed by atoms with van der Waals surface area (Å²) in [6.45, 7) is 4.14. The summed E-state index contributed by atoms with van der Waals surface area (Å²) in [6, 6.07) is 19.7. The first-order valence-electron chi connectivity index (χ1n) is 8.07. The molecule has 1 heterocycles. The standard InChI is InChI=1S/C20H19N3O2/c1-14-8-6-7-11-18(14)24-13-19-23-17(12-21)20(25-19)22-15(2)16-9-4-3-5-10-16/h3-11,15,22H,13H2,1-2H3/t15-/m1/s1. The Labute approximate surface area is 146 Å². The predicted molar refractivity (Wildman–Crippen MR) is 95.2 cm³/mol. The van der Waals surface area contributed by atoms with E-state index in [0.29, 0.717) is 11.8 Å². The summed E-state index contributed by atoms with van der Waals surface area (Å²) in [5.74, 6) is 1.50. The highest BCUT2D eigenvalue weighted by Crippen LogP contribution is 2.24. The topological polar surface area (TPSA) is 71.1 Å². The summed E-state index contributed by atoms with van der Waals surface area (Å²) in [7, 11) is 0. The average Bonchev–Trinajstić information content (AvgIpc) is 3.03. The molecule has 2 aromatic carbocycles. The van der Waals surface area contributed by atoms with Gasteiger partial charge in [-0.05, 0) is 31.0 Å². The molecule has 0 aliphatic rings. The molecule has 0 radical (unpaired) electrons. The first-order valence-corrected chi connectivity index (χ1v) is 8.07. The SMILES string of the molecule is Cc1ccccc1OCc1nc(C#N)c(N[C@H](C)c2ccccc2)o1. The Morgan fingerprint density at radius 2 is 1.88 bits per heavy atom. The van der Waals surface area contributed by atoms with Crippen LogP contribution in [0.3, 0.4) is 0 Å². The smallest absolute Gasteiger partial charge is 0.236 e. The highest BCUT2D eigenvalue weighted by atomic mass is 16.5. The maximum Gasteiger partial charge on any atom is 0.236 e. The Morgan fingerprint density at radius 3 is 2.60 bits per heavy atom. The molecule has 0 spiro atoms. The van der Waals surface area contributed by atoms with Crippen LogP contribution in [-0.4, -0.2) is 4.98 Å². The zero-order valence-corrected chi connectivity index (χ0v) is 14.2. The molecule has 0 unspecified atom stereocenters. The van der Waals surface area contributed by atoms with Gasteiger partial charge in [0.25, 0.3) is 0 Å². The van der Waals surface area contributed by atoms with Gasteiger partial charge in [0.15, 0.2) is 6.61 Å². The van der Waals surface area contributed by atoms with Crippen LogP contribution in [0.15, 0.2) is 59.0 Å². The van der Waals surface area contributed by atoms with E-state index in [1.807, 2.05) is 68.4 Å². The number of hydrogen-bond donors (Lipinski definition) is 1. The zero-order valence-electron chi connectivity index (χ0n) is 14.2. The fourth-order valence-electron chi connectivity index (χ4n) is 2.48. The second-order valence-electron chi connectivity index (χ2n) is 5.73. The average molecular weight is 333 g/mol. The van der Waals surface area contributed by atoms with Crippen molar-refractivity contribution in [1.29, 1.82) is 5.26 Å². The minimum absolute atomic E-state index is 0.00798. The molecule has 3 rings (SSSR count). The summed E-state index contributed by atoms with van der Waals surface area (Å²) >= 11 is 0. The van der Waals surface area contributed by atoms with Crippen LogP contribution in [0.2, 0.25) is 0 Å². The van der Waals surface area contributed by atoms with Crippen LogP contribution in [-0.2, 0) is 6.61 Å². The van der Waals surface area contributed by atoms with E-state index in [1.54, 1.807) is 0 Å². The lowest BCUT2D eigenvalue weighted by atomic mass is 10.1. The molecule has 126 valence electrons. The quantitative estimate of drug-likeness (QED) is 0.713. The molecule has 0 amide bonds. The molecule has 0 bridgehead atoms. The normalized spacial score (nSPS) is 11.6. The van der Waals surface area contributed by atoms with E-state index in [2.05, 4.69) is 16.4 Å². The van der Waals surface area contributed by atoms with Gasteiger partial charge in [-0.25, -0.2) is 0 Å². The predicted octanol–water partition coefficient (Wildman–Crippen LogP) is 4.61. The molecule has 3 aromatic rings. The number of nitrogens with zero attached hydrogens (tertiary/aromatic N) is 2. The number of aromatic nitrogens is 1. The number of para-hydroxylation sites is 1. The van der Waals surface area contributed by atoms with E-state index in [-0.39, 0.29) is 18.3 Å². The number of rotatable bonds is 6. The molecule has 0 fully saturated rings. The monoisotopic (exact) mass is 333 g/mol. The fourth-order valence-corrected chi connectivity index (χ4v) is 2.48. The molecule has 25 heavy (non-hydrogen) atoms. The lowest BCUT2D eigenvalue weighted by molar-refractivity contribution is 0.263. The van der Waals surface area contributed by atoms with Crippen molar-refractivity contribution in [3.05, 3.63) is 77.3 Å². The van der Waals surface area contributed by atoms with Crippen LogP contribution in [0.5, 0.6) is 5.75 Å². The molecular formula is C20H19N3O2. The van der Waals surface area contributed by atoms with Crippen LogP contribution >= 0.6 is 0 Å². The first-order chi connectivity index (χ1) is 12.2. The lowest BCUT2D eigenvalue weighted by Crippen LogP contribution is -2.06. The highest BCUT2D eigenvalue weighted by Gasteiger charge is 2.16. The van der Waals surface area contributed by atoms with Gasteiger partial charge in [0, 0.05) is 0 Å². The zero-order chi connectivity index (χ0) is 17.6. The number of nitrogens with one attached hydrogen (secondary N) is 1. The van der Waals surface area contributed by atoms with Crippen molar-refractivity contribution in [2.75, 3.05) is 5.32 Å². The van der Waals surface area contributed by atoms with Gasteiger partial charge < -0.3 is 14.5 Å². The third-order valence-corrected chi connectivity index (χ3v) is 3.87. The number of benzene rings is 2. The van der Waals surface area contributed by atoms with Crippen LogP contribution in [0.25, 0.3) is 0 Å². The maximum atomic E-state index is 9.29. The lowest BCUT2D eigenvalue weighted by Gasteiger charge is -2.13. The Bertz CT molecular complexity index is 881. The third kappa shape index (κ3) is 3.99. The molecule has 5 heteroatoms. The Hall–Kier alpha value is -3.26. The molecule has 1 N–H and O–H groups in total. The van der Waals surface area contributed by atoms with Crippen molar-refractivity contribution in [2.24, 2.45) is 0 Å². The second-order valence-corrected chi connectivity index (χ2v) is 5.73. The van der Waals surface area contributed by atoms with Crippen molar-refractivity contribution in [2.45, 2.75) is 26.5 Å². The van der Waals surface area contributed by atoms with Crippen molar-refractivity contribution in [1.82, 2.24) is 4.98 Å². The third-order valence-electron chi connectivity index (χ3n) is 3.87. The van der Waals surface area contributed by atoms with E-state index < -0.39 is 0 Å². The van der Waals surface area contributed by atoms with Crippen LogP contribution in [0, 0.1) is 18.3 Å². The van der Waals surface area contributed by atoms with E-state index in [1.165, 1.54) is 0 Å². The number of anilines is 1. The summed E-state index contributed by atoms with van der Waals surface area (Å²) in [5.41, 5.74) is 2.36. The van der Waals surface area contributed by atoms with Crippen molar-refractivity contribution >= 4 is 5.88 Å². The molecular weight excluding hydrogens is 314 g/mol. The molecule has 0 aliphatic heterocycles. The molecule has 0 saturated heterocycles. The molecule has 5 nitrogen and oxygen atoms in total. The van der Waals surface area contributed by atoms with E-state index in [4.69, 9.17) is 9.15 Å². The van der Waals surface area contributed by atoms with Crippen LogP contribution in [0.4, 0.5) is 5.88 Å². The molecule has 0 aliphatic carbocycles. The maximum absolute atomic E-state index is 9.29. The largest absolute Gasteiger partial charge is 0.484 e.